The Labute approximate surface area is 200 Å². The summed E-state index contributed by atoms with van der Waals surface area (Å²) in [5, 5.41) is 49.2. The normalized spacial score (nSPS) is 24.1. The summed E-state index contributed by atoms with van der Waals surface area (Å²) in [6.45, 7) is 0. The number of carboxylic acids is 1. The molecule has 1 fully saturated rings. The lowest BCUT2D eigenvalue weighted by atomic mass is 9.79. The van der Waals surface area contributed by atoms with Gasteiger partial charge in [-0.2, -0.15) is 0 Å². The van der Waals surface area contributed by atoms with Crippen LogP contribution in [0, 0.1) is 0 Å². The molecule has 0 unspecified atom stereocenters. The Morgan fingerprint density at radius 1 is 1.00 bits per heavy atom. The molecule has 2 aromatic carbocycles. The fraction of sp³-hybridized carbons (Fsp3) is 0.320. The molecule has 0 saturated heterocycles. The summed E-state index contributed by atoms with van der Waals surface area (Å²) in [5.41, 5.74) is -0.980. The fourth-order valence-electron chi connectivity index (χ4n) is 3.81. The second-order valence-electron chi connectivity index (χ2n) is 8.28. The van der Waals surface area contributed by atoms with Gasteiger partial charge in [0.2, 0.25) is 5.60 Å². The van der Waals surface area contributed by atoms with Gasteiger partial charge in [0.05, 0.1) is 6.10 Å². The summed E-state index contributed by atoms with van der Waals surface area (Å²) in [6, 6.07) is 12.9. The predicted molar refractivity (Wildman–Crippen MR) is 121 cm³/mol. The summed E-state index contributed by atoms with van der Waals surface area (Å²) in [7, 11) is 0. The number of aliphatic carboxylic acids is 1. The number of aromatic hydroxyl groups is 2. The number of esters is 2. The standard InChI is InChI=1S/C25H26O10/c26-17-9-6-16(12-18(17)27)8-10-21(29)34-20-14-25(24(32)33,13-19(28)23(20)31)35-22(30)11-7-15-4-2-1-3-5-15/h1-6,8-10,12,19-20,23,26-28,31H,7,11,13-14H2,(H,32,33)/b10-8+/t19-,20-,23+,25-/m1/s1. The number of carboxylic acid groups (broad SMARTS) is 1. The van der Waals surface area contributed by atoms with Gasteiger partial charge in [0.15, 0.2) is 11.5 Å². The van der Waals surface area contributed by atoms with Gasteiger partial charge < -0.3 is 35.0 Å². The molecule has 4 atom stereocenters. The van der Waals surface area contributed by atoms with Crippen LogP contribution in [0.3, 0.4) is 0 Å². The largest absolute Gasteiger partial charge is 0.504 e. The van der Waals surface area contributed by atoms with Gasteiger partial charge in [0.25, 0.3) is 0 Å². The molecular formula is C25H26O10. The van der Waals surface area contributed by atoms with Crippen LogP contribution < -0.4 is 0 Å². The highest BCUT2D eigenvalue weighted by Crippen LogP contribution is 2.35. The van der Waals surface area contributed by atoms with Crippen molar-refractivity contribution < 1.29 is 49.4 Å². The molecule has 0 aromatic heterocycles. The smallest absolute Gasteiger partial charge is 0.348 e. The van der Waals surface area contributed by atoms with Crippen LogP contribution in [-0.2, 0) is 30.3 Å². The maximum Gasteiger partial charge on any atom is 0.348 e. The molecule has 10 nitrogen and oxygen atoms in total. The molecule has 1 aliphatic rings. The molecule has 0 bridgehead atoms. The lowest BCUT2D eigenvalue weighted by Crippen LogP contribution is -2.58. The number of hydrogen-bond acceptors (Lipinski definition) is 9. The number of benzene rings is 2. The first-order chi connectivity index (χ1) is 16.6. The van der Waals surface area contributed by atoms with Crippen molar-refractivity contribution in [3.8, 4) is 11.5 Å². The monoisotopic (exact) mass is 486 g/mol. The van der Waals surface area contributed by atoms with Crippen LogP contribution in [0.1, 0.15) is 30.4 Å². The van der Waals surface area contributed by atoms with Crippen LogP contribution >= 0.6 is 0 Å². The average molecular weight is 486 g/mol. The van der Waals surface area contributed by atoms with E-state index >= 15 is 0 Å². The summed E-state index contributed by atoms with van der Waals surface area (Å²) >= 11 is 0. The fourth-order valence-corrected chi connectivity index (χ4v) is 3.81. The van der Waals surface area contributed by atoms with E-state index in [1.165, 1.54) is 24.3 Å². The Morgan fingerprint density at radius 3 is 2.37 bits per heavy atom. The van der Waals surface area contributed by atoms with Gasteiger partial charge in [-0.25, -0.2) is 9.59 Å². The molecule has 35 heavy (non-hydrogen) atoms. The molecule has 0 aliphatic heterocycles. The number of carbonyl (C=O) groups is 3. The van der Waals surface area contributed by atoms with E-state index in [1.807, 2.05) is 18.2 Å². The number of phenolic OH excluding ortho intramolecular Hbond substituents is 2. The Hall–Kier alpha value is -3.89. The molecule has 0 heterocycles. The van der Waals surface area contributed by atoms with E-state index in [0.717, 1.165) is 11.6 Å². The van der Waals surface area contributed by atoms with Crippen molar-refractivity contribution in [2.24, 2.45) is 0 Å². The van der Waals surface area contributed by atoms with E-state index < -0.39 is 60.4 Å². The van der Waals surface area contributed by atoms with Gasteiger partial charge in [-0.15, -0.1) is 0 Å². The van der Waals surface area contributed by atoms with E-state index in [1.54, 1.807) is 12.1 Å². The van der Waals surface area contributed by atoms with Gasteiger partial charge in [0, 0.05) is 25.3 Å². The summed E-state index contributed by atoms with van der Waals surface area (Å²) < 4.78 is 10.4. The molecule has 1 saturated carbocycles. The number of hydrogen-bond donors (Lipinski definition) is 5. The molecule has 186 valence electrons. The highest BCUT2D eigenvalue weighted by molar-refractivity contribution is 5.87. The number of phenols is 2. The zero-order chi connectivity index (χ0) is 25.6. The van der Waals surface area contributed by atoms with Crippen LogP contribution in [-0.4, -0.2) is 67.4 Å². The minimum atomic E-state index is -2.19. The Morgan fingerprint density at radius 2 is 1.71 bits per heavy atom. The molecule has 10 heteroatoms. The van der Waals surface area contributed by atoms with Gasteiger partial charge >= 0.3 is 17.9 Å². The quantitative estimate of drug-likeness (QED) is 0.209. The first-order valence-corrected chi connectivity index (χ1v) is 10.9. The van der Waals surface area contributed by atoms with Crippen LogP contribution in [0.15, 0.2) is 54.6 Å². The van der Waals surface area contributed by atoms with Crippen molar-refractivity contribution in [2.45, 2.75) is 49.6 Å². The van der Waals surface area contributed by atoms with Gasteiger partial charge in [-0.1, -0.05) is 36.4 Å². The van der Waals surface area contributed by atoms with E-state index in [0.29, 0.717) is 12.0 Å². The molecule has 2 aromatic rings. The van der Waals surface area contributed by atoms with Gasteiger partial charge in [-0.3, -0.25) is 4.79 Å². The van der Waals surface area contributed by atoms with Gasteiger partial charge in [0.1, 0.15) is 12.2 Å². The van der Waals surface area contributed by atoms with Crippen molar-refractivity contribution in [1.29, 1.82) is 0 Å². The van der Waals surface area contributed by atoms with E-state index in [9.17, 15) is 39.9 Å². The second-order valence-corrected chi connectivity index (χ2v) is 8.28. The van der Waals surface area contributed by atoms with Crippen LogP contribution in [0.4, 0.5) is 0 Å². The van der Waals surface area contributed by atoms with Crippen molar-refractivity contribution >= 4 is 24.0 Å². The number of carbonyl (C=O) groups excluding carboxylic acids is 2. The lowest BCUT2D eigenvalue weighted by Gasteiger charge is -2.41. The summed E-state index contributed by atoms with van der Waals surface area (Å²) in [4.78, 5) is 36.8. The average Bonchev–Trinajstić information content (AvgIpc) is 2.82. The molecule has 0 spiro atoms. The maximum atomic E-state index is 12.4. The summed E-state index contributed by atoms with van der Waals surface area (Å²) in [5.74, 6) is -4.05. The number of aliphatic hydroxyl groups is 2. The van der Waals surface area contributed by atoms with Gasteiger partial charge in [-0.05, 0) is 35.8 Å². The third-order valence-corrected chi connectivity index (χ3v) is 5.68. The van der Waals surface area contributed by atoms with Crippen molar-refractivity contribution in [3.05, 3.63) is 65.7 Å². The Kier molecular flexibility index (Phi) is 8.10. The molecular weight excluding hydrogens is 460 g/mol. The highest BCUT2D eigenvalue weighted by atomic mass is 16.6. The number of aliphatic hydroxyl groups excluding tert-OH is 2. The van der Waals surface area contributed by atoms with Crippen molar-refractivity contribution in [3.63, 3.8) is 0 Å². The maximum absolute atomic E-state index is 12.4. The van der Waals surface area contributed by atoms with Crippen LogP contribution in [0.5, 0.6) is 11.5 Å². The summed E-state index contributed by atoms with van der Waals surface area (Å²) in [6.07, 6.45) is -3.38. The zero-order valence-corrected chi connectivity index (χ0v) is 18.6. The van der Waals surface area contributed by atoms with Crippen molar-refractivity contribution in [1.82, 2.24) is 0 Å². The third kappa shape index (κ3) is 6.58. The molecule has 0 radical (unpaired) electrons. The minimum Gasteiger partial charge on any atom is -0.504 e. The first kappa shape index (κ1) is 25.7. The van der Waals surface area contributed by atoms with Crippen LogP contribution in [0.25, 0.3) is 6.08 Å². The zero-order valence-electron chi connectivity index (χ0n) is 18.6. The Balaban J connectivity index is 1.68. The van der Waals surface area contributed by atoms with Crippen molar-refractivity contribution in [2.75, 3.05) is 0 Å². The number of aryl methyl sites for hydroxylation is 1. The van der Waals surface area contributed by atoms with Crippen LogP contribution in [0.2, 0.25) is 0 Å². The Bertz CT molecular complexity index is 1100. The molecule has 0 amide bonds. The molecule has 1 aliphatic carbocycles. The highest BCUT2D eigenvalue weighted by Gasteiger charge is 2.54. The number of ether oxygens (including phenoxy) is 2. The minimum absolute atomic E-state index is 0.107. The SMILES string of the molecule is O=C(/C=C/c1ccc(O)c(O)c1)O[C@@H]1C[C@@](OC(=O)CCc2ccccc2)(C(=O)O)C[C@@H](O)[C@@H]1O. The van der Waals surface area contributed by atoms with E-state index in [4.69, 9.17) is 9.47 Å². The van der Waals surface area contributed by atoms with E-state index in [2.05, 4.69) is 0 Å². The lowest BCUT2D eigenvalue weighted by molar-refractivity contribution is -0.209. The topological polar surface area (TPSA) is 171 Å². The second kappa shape index (κ2) is 11.0. The number of rotatable bonds is 8. The molecule has 5 N–H and O–H groups in total. The first-order valence-electron chi connectivity index (χ1n) is 10.9. The molecule has 3 rings (SSSR count). The predicted octanol–water partition coefficient (Wildman–Crippen LogP) is 1.54. The van der Waals surface area contributed by atoms with E-state index in [-0.39, 0.29) is 12.2 Å². The third-order valence-electron chi connectivity index (χ3n) is 5.68.